The number of carbonyl (C=O) groups is 1. The smallest absolute Gasteiger partial charge is 0.362 e. The molecule has 0 aromatic carbocycles. The summed E-state index contributed by atoms with van der Waals surface area (Å²) in [5, 5.41) is 13.1. The fourth-order valence-corrected chi connectivity index (χ4v) is 1.59. The molecule has 0 aliphatic carbocycles. The number of oxazole rings is 1. The Kier molecular flexibility index (Phi) is 3.05. The van der Waals surface area contributed by atoms with Gasteiger partial charge in [0.2, 0.25) is 11.6 Å². The van der Waals surface area contributed by atoms with Gasteiger partial charge in [0.15, 0.2) is 0 Å². The largest absolute Gasteiger partial charge is 0.476 e. The third kappa shape index (κ3) is 2.06. The number of carboxylic acid groups (broad SMARTS) is 1. The number of carboxylic acids is 1. The molecule has 0 atom stereocenters. The van der Waals surface area contributed by atoms with Gasteiger partial charge in [-0.3, -0.25) is 4.68 Å². The van der Waals surface area contributed by atoms with Crippen molar-refractivity contribution in [2.75, 3.05) is 6.61 Å². The molecule has 0 fully saturated rings. The minimum Gasteiger partial charge on any atom is -0.476 e. The maximum Gasteiger partial charge on any atom is 0.362 e. The van der Waals surface area contributed by atoms with Crippen LogP contribution < -0.4 is 4.74 Å². The summed E-state index contributed by atoms with van der Waals surface area (Å²) in [6, 6.07) is 0. The van der Waals surface area contributed by atoms with Crippen LogP contribution in [-0.4, -0.2) is 32.4 Å². The van der Waals surface area contributed by atoms with Gasteiger partial charge in [0.25, 0.3) is 0 Å². The van der Waals surface area contributed by atoms with Crippen molar-refractivity contribution in [1.82, 2.24) is 14.8 Å². The standard InChI is InChI=1S/C11H13N3O4/c1-4-17-11-8(10(15)16)12-9(18-11)7-5-14(3)13-6(7)2/h5H,4H2,1-3H3,(H,15,16). The molecule has 0 saturated heterocycles. The van der Waals surface area contributed by atoms with Gasteiger partial charge < -0.3 is 14.3 Å². The second-order valence-corrected chi connectivity index (χ2v) is 3.70. The zero-order valence-electron chi connectivity index (χ0n) is 10.3. The average molecular weight is 251 g/mol. The summed E-state index contributed by atoms with van der Waals surface area (Å²) in [5.74, 6) is -1.07. The van der Waals surface area contributed by atoms with E-state index >= 15 is 0 Å². The van der Waals surface area contributed by atoms with E-state index in [4.69, 9.17) is 14.3 Å². The summed E-state index contributed by atoms with van der Waals surface area (Å²) in [7, 11) is 1.76. The highest BCUT2D eigenvalue weighted by Gasteiger charge is 2.23. The van der Waals surface area contributed by atoms with Crippen molar-refractivity contribution >= 4 is 5.97 Å². The monoisotopic (exact) mass is 251 g/mol. The Morgan fingerprint density at radius 1 is 1.61 bits per heavy atom. The van der Waals surface area contributed by atoms with Crippen LogP contribution in [-0.2, 0) is 7.05 Å². The Balaban J connectivity index is 2.49. The Hall–Kier alpha value is -2.31. The molecule has 2 aromatic rings. The van der Waals surface area contributed by atoms with Crippen LogP contribution in [0, 0.1) is 6.92 Å². The number of ether oxygens (including phenoxy) is 1. The van der Waals surface area contributed by atoms with Gasteiger partial charge in [-0.25, -0.2) is 4.79 Å². The van der Waals surface area contributed by atoms with Crippen molar-refractivity contribution in [3.63, 3.8) is 0 Å². The molecule has 7 heteroatoms. The lowest BCUT2D eigenvalue weighted by Gasteiger charge is -1.96. The Labute approximate surface area is 103 Å². The second-order valence-electron chi connectivity index (χ2n) is 3.70. The highest BCUT2D eigenvalue weighted by molar-refractivity contribution is 5.88. The van der Waals surface area contributed by atoms with Gasteiger partial charge in [0.1, 0.15) is 0 Å². The number of hydrogen-bond acceptors (Lipinski definition) is 5. The molecule has 18 heavy (non-hydrogen) atoms. The van der Waals surface area contributed by atoms with E-state index in [0.717, 1.165) is 0 Å². The van der Waals surface area contributed by atoms with Crippen molar-refractivity contribution in [2.45, 2.75) is 13.8 Å². The summed E-state index contributed by atoms with van der Waals surface area (Å²) in [6.07, 6.45) is 1.71. The lowest BCUT2D eigenvalue weighted by molar-refractivity contribution is 0.0683. The first-order chi connectivity index (χ1) is 8.52. The van der Waals surface area contributed by atoms with Crippen LogP contribution in [0.25, 0.3) is 11.5 Å². The quantitative estimate of drug-likeness (QED) is 0.885. The normalized spacial score (nSPS) is 10.6. The number of nitrogens with zero attached hydrogens (tertiary/aromatic N) is 3. The number of rotatable bonds is 4. The van der Waals surface area contributed by atoms with Crippen LogP contribution in [0.2, 0.25) is 0 Å². The average Bonchev–Trinajstić information content (AvgIpc) is 2.83. The van der Waals surface area contributed by atoms with Crippen molar-refractivity contribution < 1.29 is 19.1 Å². The third-order valence-electron chi connectivity index (χ3n) is 2.32. The Morgan fingerprint density at radius 2 is 2.33 bits per heavy atom. The topological polar surface area (TPSA) is 90.4 Å². The fourth-order valence-electron chi connectivity index (χ4n) is 1.59. The molecule has 0 aliphatic heterocycles. The maximum absolute atomic E-state index is 11.0. The van der Waals surface area contributed by atoms with Gasteiger partial charge in [0.05, 0.1) is 17.9 Å². The molecule has 0 bridgehead atoms. The zero-order valence-corrected chi connectivity index (χ0v) is 10.3. The molecule has 2 rings (SSSR count). The molecular formula is C11H13N3O4. The lowest BCUT2D eigenvalue weighted by atomic mass is 10.3. The Bertz CT molecular complexity index is 585. The molecule has 0 spiro atoms. The summed E-state index contributed by atoms with van der Waals surface area (Å²) < 4.78 is 12.0. The van der Waals surface area contributed by atoms with Crippen LogP contribution in [0.5, 0.6) is 5.95 Å². The highest BCUT2D eigenvalue weighted by atomic mass is 16.6. The van der Waals surface area contributed by atoms with Crippen molar-refractivity contribution in [2.24, 2.45) is 7.05 Å². The van der Waals surface area contributed by atoms with Crippen molar-refractivity contribution in [3.05, 3.63) is 17.6 Å². The second kappa shape index (κ2) is 4.52. The van der Waals surface area contributed by atoms with Crippen LogP contribution in [0.4, 0.5) is 0 Å². The number of hydrogen-bond donors (Lipinski definition) is 1. The van der Waals surface area contributed by atoms with Crippen LogP contribution >= 0.6 is 0 Å². The molecule has 1 N–H and O–H groups in total. The van der Waals surface area contributed by atoms with Crippen LogP contribution in [0.15, 0.2) is 10.6 Å². The predicted molar refractivity (Wildman–Crippen MR) is 61.6 cm³/mol. The molecule has 0 radical (unpaired) electrons. The summed E-state index contributed by atoms with van der Waals surface area (Å²) >= 11 is 0. The lowest BCUT2D eigenvalue weighted by Crippen LogP contribution is -2.01. The van der Waals surface area contributed by atoms with Crippen LogP contribution in [0.3, 0.4) is 0 Å². The molecule has 0 aliphatic rings. The molecule has 0 amide bonds. The van der Waals surface area contributed by atoms with Crippen molar-refractivity contribution in [1.29, 1.82) is 0 Å². The van der Waals surface area contributed by atoms with E-state index < -0.39 is 5.97 Å². The molecule has 2 heterocycles. The van der Waals surface area contributed by atoms with Crippen molar-refractivity contribution in [3.8, 4) is 17.4 Å². The van der Waals surface area contributed by atoms with E-state index in [9.17, 15) is 4.79 Å². The van der Waals surface area contributed by atoms with Crippen LogP contribution in [0.1, 0.15) is 23.1 Å². The highest BCUT2D eigenvalue weighted by Crippen LogP contribution is 2.28. The first kappa shape index (κ1) is 12.2. The first-order valence-corrected chi connectivity index (χ1v) is 5.40. The van der Waals surface area contributed by atoms with E-state index in [-0.39, 0.29) is 17.5 Å². The minimum atomic E-state index is -1.19. The fraction of sp³-hybridized carbons (Fsp3) is 0.364. The van der Waals surface area contributed by atoms with E-state index in [2.05, 4.69) is 10.1 Å². The molecular weight excluding hydrogens is 238 g/mol. The number of aryl methyl sites for hydroxylation is 2. The summed E-state index contributed by atoms with van der Waals surface area (Å²) in [5.41, 5.74) is 1.12. The van der Waals surface area contributed by atoms with Gasteiger partial charge in [-0.05, 0) is 13.8 Å². The first-order valence-electron chi connectivity index (χ1n) is 5.40. The number of aromatic carboxylic acids is 1. The predicted octanol–water partition coefficient (Wildman–Crippen LogP) is 1.48. The summed E-state index contributed by atoms with van der Waals surface area (Å²) in [4.78, 5) is 14.9. The minimum absolute atomic E-state index is 0.0803. The van der Waals surface area contributed by atoms with Gasteiger partial charge >= 0.3 is 11.9 Å². The van der Waals surface area contributed by atoms with E-state index in [0.29, 0.717) is 17.9 Å². The molecule has 2 aromatic heterocycles. The molecule has 0 saturated carbocycles. The molecule has 0 unspecified atom stereocenters. The zero-order chi connectivity index (χ0) is 13.3. The molecule has 7 nitrogen and oxygen atoms in total. The van der Waals surface area contributed by atoms with Gasteiger partial charge in [-0.1, -0.05) is 0 Å². The van der Waals surface area contributed by atoms with E-state index in [1.54, 1.807) is 31.8 Å². The van der Waals surface area contributed by atoms with Gasteiger partial charge in [-0.15, -0.1) is 0 Å². The third-order valence-corrected chi connectivity index (χ3v) is 2.32. The van der Waals surface area contributed by atoms with Gasteiger partial charge in [-0.2, -0.15) is 10.1 Å². The maximum atomic E-state index is 11.0. The summed E-state index contributed by atoms with van der Waals surface area (Å²) in [6.45, 7) is 3.84. The van der Waals surface area contributed by atoms with E-state index in [1.165, 1.54) is 0 Å². The SMILES string of the molecule is CCOc1oc(-c2cn(C)nc2C)nc1C(=O)O. The van der Waals surface area contributed by atoms with E-state index in [1.807, 2.05) is 0 Å². The Morgan fingerprint density at radius 3 is 2.83 bits per heavy atom. The number of aromatic nitrogens is 3. The molecule has 96 valence electrons. The van der Waals surface area contributed by atoms with Gasteiger partial charge in [0, 0.05) is 13.2 Å².